The molecule has 0 unspecified atom stereocenters. The minimum absolute atomic E-state index is 0. The molecule has 0 spiro atoms. The van der Waals surface area contributed by atoms with E-state index in [9.17, 15) is 4.79 Å². The van der Waals surface area contributed by atoms with E-state index in [2.05, 4.69) is 4.90 Å². The zero-order valence-electron chi connectivity index (χ0n) is 14.7. The summed E-state index contributed by atoms with van der Waals surface area (Å²) in [5.41, 5.74) is 2.26. The third-order valence-corrected chi connectivity index (χ3v) is 4.10. The summed E-state index contributed by atoms with van der Waals surface area (Å²) < 4.78 is 7.97. The molecule has 4 nitrogen and oxygen atoms in total. The summed E-state index contributed by atoms with van der Waals surface area (Å²) in [6, 6.07) is 17.3. The first-order valence-electron chi connectivity index (χ1n) is 8.04. The van der Waals surface area contributed by atoms with Gasteiger partial charge in [0, 0.05) is 24.5 Å². The molecule has 0 amide bonds. The Morgan fingerprint density at radius 3 is 2.36 bits per heavy atom. The maximum absolute atomic E-state index is 13.0. The molecule has 0 saturated heterocycles. The van der Waals surface area contributed by atoms with Gasteiger partial charge in [0.2, 0.25) is 5.78 Å². The molecule has 3 aromatic rings. The molecule has 5 heteroatoms. The van der Waals surface area contributed by atoms with Crippen molar-refractivity contribution in [1.29, 1.82) is 0 Å². The number of likely N-dealkylation sites (N-methyl/N-ethyl adjacent to an activating group) is 1. The standard InChI is InChI=1S/C20H22N2O2.ClH/c1-21(2)13-14-24-20-16-11-7-8-12-17(16)22(3)18(20)19(23)15-9-5-4-6-10-15;/h4-12H,13-14H2,1-3H3;1H. The van der Waals surface area contributed by atoms with Crippen molar-refractivity contribution < 1.29 is 9.53 Å². The average Bonchev–Trinajstić information content (AvgIpc) is 2.88. The Bertz CT molecular complexity index is 857. The van der Waals surface area contributed by atoms with E-state index in [-0.39, 0.29) is 18.2 Å². The monoisotopic (exact) mass is 358 g/mol. The Morgan fingerprint density at radius 1 is 1.04 bits per heavy atom. The molecule has 0 atom stereocenters. The molecule has 1 aromatic heterocycles. The number of para-hydroxylation sites is 1. The van der Waals surface area contributed by atoms with Crippen LogP contribution in [0.2, 0.25) is 0 Å². The normalized spacial score (nSPS) is 10.7. The highest BCUT2D eigenvalue weighted by Gasteiger charge is 2.23. The van der Waals surface area contributed by atoms with Gasteiger partial charge in [-0.2, -0.15) is 0 Å². The minimum atomic E-state index is -0.0193. The van der Waals surface area contributed by atoms with Crippen molar-refractivity contribution in [2.45, 2.75) is 0 Å². The van der Waals surface area contributed by atoms with Gasteiger partial charge in [0.15, 0.2) is 5.75 Å². The number of benzene rings is 2. The number of aryl methyl sites for hydroxylation is 1. The van der Waals surface area contributed by atoms with Crippen LogP contribution in [-0.2, 0) is 7.05 Å². The SMILES string of the molecule is CN(C)CCOc1c(C(=O)c2ccccc2)n(C)c2ccccc12.Cl. The molecular formula is C20H23ClN2O2. The van der Waals surface area contributed by atoms with Crippen LogP contribution in [0.3, 0.4) is 0 Å². The Balaban J connectivity index is 0.00000225. The number of fused-ring (bicyclic) bond motifs is 1. The van der Waals surface area contributed by atoms with E-state index in [4.69, 9.17) is 4.74 Å². The second-order valence-corrected chi connectivity index (χ2v) is 6.10. The molecule has 0 aliphatic rings. The quantitative estimate of drug-likeness (QED) is 0.629. The molecule has 2 aromatic carbocycles. The van der Waals surface area contributed by atoms with Gasteiger partial charge in [-0.25, -0.2) is 0 Å². The number of ether oxygens (including phenoxy) is 1. The van der Waals surface area contributed by atoms with Gasteiger partial charge in [-0.1, -0.05) is 42.5 Å². The molecule has 1 heterocycles. The maximum Gasteiger partial charge on any atom is 0.213 e. The fraction of sp³-hybridized carbons (Fsp3) is 0.250. The number of hydrogen-bond donors (Lipinski definition) is 0. The van der Waals surface area contributed by atoms with Crippen LogP contribution in [0.25, 0.3) is 10.9 Å². The lowest BCUT2D eigenvalue weighted by Crippen LogP contribution is -2.20. The fourth-order valence-corrected chi connectivity index (χ4v) is 2.82. The van der Waals surface area contributed by atoms with Crippen LogP contribution in [0.5, 0.6) is 5.75 Å². The lowest BCUT2D eigenvalue weighted by atomic mass is 10.1. The van der Waals surface area contributed by atoms with Crippen molar-refractivity contribution in [2.24, 2.45) is 7.05 Å². The summed E-state index contributed by atoms with van der Waals surface area (Å²) in [4.78, 5) is 15.1. The number of halogens is 1. The molecule has 132 valence electrons. The summed E-state index contributed by atoms with van der Waals surface area (Å²) in [5.74, 6) is 0.651. The topological polar surface area (TPSA) is 34.5 Å². The van der Waals surface area contributed by atoms with Crippen LogP contribution in [-0.4, -0.2) is 42.5 Å². The molecule has 25 heavy (non-hydrogen) atoms. The van der Waals surface area contributed by atoms with Crippen LogP contribution in [0.1, 0.15) is 16.1 Å². The number of nitrogens with zero attached hydrogens (tertiary/aromatic N) is 2. The van der Waals surface area contributed by atoms with Gasteiger partial charge in [0.25, 0.3) is 0 Å². The number of ketones is 1. The van der Waals surface area contributed by atoms with Gasteiger partial charge in [-0.15, -0.1) is 12.4 Å². The third-order valence-electron chi connectivity index (χ3n) is 4.10. The van der Waals surface area contributed by atoms with E-state index in [0.717, 1.165) is 17.4 Å². The van der Waals surface area contributed by atoms with Crippen molar-refractivity contribution in [2.75, 3.05) is 27.2 Å². The zero-order valence-corrected chi connectivity index (χ0v) is 15.5. The largest absolute Gasteiger partial charge is 0.489 e. The van der Waals surface area contributed by atoms with Crippen LogP contribution < -0.4 is 4.74 Å². The fourth-order valence-electron chi connectivity index (χ4n) is 2.82. The first kappa shape index (κ1) is 19.0. The second kappa shape index (κ2) is 8.19. The van der Waals surface area contributed by atoms with Gasteiger partial charge in [-0.3, -0.25) is 4.79 Å². The van der Waals surface area contributed by atoms with Gasteiger partial charge in [0.05, 0.1) is 5.52 Å². The van der Waals surface area contributed by atoms with E-state index < -0.39 is 0 Å². The van der Waals surface area contributed by atoms with E-state index >= 15 is 0 Å². The van der Waals surface area contributed by atoms with Gasteiger partial charge in [-0.05, 0) is 26.2 Å². The van der Waals surface area contributed by atoms with Crippen molar-refractivity contribution >= 4 is 29.1 Å². The van der Waals surface area contributed by atoms with E-state index in [1.807, 2.05) is 80.3 Å². The molecule has 0 aliphatic heterocycles. The molecule has 0 bridgehead atoms. The second-order valence-electron chi connectivity index (χ2n) is 6.10. The number of carbonyl (C=O) groups excluding carboxylic acids is 1. The lowest BCUT2D eigenvalue weighted by Gasteiger charge is -2.12. The van der Waals surface area contributed by atoms with Crippen molar-refractivity contribution in [3.63, 3.8) is 0 Å². The van der Waals surface area contributed by atoms with Crippen LogP contribution in [0.4, 0.5) is 0 Å². The Morgan fingerprint density at radius 2 is 1.68 bits per heavy atom. The maximum atomic E-state index is 13.0. The van der Waals surface area contributed by atoms with Gasteiger partial charge < -0.3 is 14.2 Å². The lowest BCUT2D eigenvalue weighted by molar-refractivity contribution is 0.102. The van der Waals surface area contributed by atoms with Crippen LogP contribution in [0, 0.1) is 0 Å². The van der Waals surface area contributed by atoms with Crippen molar-refractivity contribution in [3.8, 4) is 5.75 Å². The highest BCUT2D eigenvalue weighted by atomic mass is 35.5. The molecule has 0 N–H and O–H groups in total. The smallest absolute Gasteiger partial charge is 0.213 e. The van der Waals surface area contributed by atoms with Crippen molar-refractivity contribution in [1.82, 2.24) is 9.47 Å². The first-order valence-corrected chi connectivity index (χ1v) is 8.04. The predicted octanol–water partition coefficient (Wildman–Crippen LogP) is 3.77. The number of carbonyl (C=O) groups is 1. The predicted molar refractivity (Wildman–Crippen MR) is 104 cm³/mol. The number of hydrogen-bond acceptors (Lipinski definition) is 3. The van der Waals surface area contributed by atoms with Gasteiger partial charge >= 0.3 is 0 Å². The van der Waals surface area contributed by atoms with Gasteiger partial charge in [0.1, 0.15) is 12.3 Å². The van der Waals surface area contributed by atoms with Crippen LogP contribution >= 0.6 is 12.4 Å². The molecular weight excluding hydrogens is 336 g/mol. The molecule has 0 saturated carbocycles. The Hall–Kier alpha value is -2.30. The summed E-state index contributed by atoms with van der Waals surface area (Å²) >= 11 is 0. The molecule has 0 aliphatic carbocycles. The van der Waals surface area contributed by atoms with Crippen LogP contribution in [0.15, 0.2) is 54.6 Å². The van der Waals surface area contributed by atoms with Crippen molar-refractivity contribution in [3.05, 3.63) is 65.9 Å². The average molecular weight is 359 g/mol. The molecule has 0 fully saturated rings. The third kappa shape index (κ3) is 3.86. The summed E-state index contributed by atoms with van der Waals surface area (Å²) in [5, 5.41) is 0.970. The molecule has 3 rings (SSSR count). The van der Waals surface area contributed by atoms with E-state index in [1.54, 1.807) is 0 Å². The van der Waals surface area contributed by atoms with E-state index in [0.29, 0.717) is 23.6 Å². The Labute approximate surface area is 154 Å². The Kier molecular flexibility index (Phi) is 6.23. The summed E-state index contributed by atoms with van der Waals surface area (Å²) in [7, 11) is 5.92. The summed E-state index contributed by atoms with van der Waals surface area (Å²) in [6.07, 6.45) is 0. The number of rotatable bonds is 6. The highest BCUT2D eigenvalue weighted by molar-refractivity contribution is 6.13. The van der Waals surface area contributed by atoms with E-state index in [1.165, 1.54) is 0 Å². The summed E-state index contributed by atoms with van der Waals surface area (Å²) in [6.45, 7) is 1.33. The zero-order chi connectivity index (χ0) is 17.1. The first-order chi connectivity index (χ1) is 11.6. The minimum Gasteiger partial charge on any atom is -0.489 e. The highest BCUT2D eigenvalue weighted by Crippen LogP contribution is 2.34. The molecule has 0 radical (unpaired) electrons. The number of aromatic nitrogens is 1.